The highest BCUT2D eigenvalue weighted by Gasteiger charge is 2.22. The average molecular weight is 88.2 g/mol. The fourth-order valence-corrected chi connectivity index (χ4v) is 0.370. The monoisotopic (exact) mass is 88.1 g/mol. The van der Waals surface area contributed by atoms with E-state index >= 15 is 0 Å². The van der Waals surface area contributed by atoms with E-state index < -0.39 is 0 Å². The van der Waals surface area contributed by atoms with Crippen LogP contribution in [-0.4, -0.2) is 24.5 Å². The molecule has 1 aliphatic rings. The lowest BCUT2D eigenvalue weighted by molar-refractivity contribution is 0.638. The molecular formula is C4H12N2. The van der Waals surface area contributed by atoms with Crippen LogP contribution >= 0.6 is 0 Å². The second kappa shape index (κ2) is 1.58. The Morgan fingerprint density at radius 1 is 1.67 bits per heavy atom. The predicted octanol–water partition coefficient (Wildman–Crippen LogP) is 0.482. The molecule has 0 amide bonds. The Kier molecular flexibility index (Phi) is 1.56. The average Bonchev–Trinajstić information content (AvgIpc) is 1.79. The molecule has 1 saturated heterocycles. The van der Waals surface area contributed by atoms with Gasteiger partial charge in [0.05, 0.1) is 0 Å². The Bertz CT molecular complexity index is 38.8. The largest absolute Gasteiger partial charge is 0.344 e. The zero-order valence-electron chi connectivity index (χ0n) is 4.44. The molecule has 0 spiro atoms. The van der Waals surface area contributed by atoms with Crippen LogP contribution < -0.4 is 6.15 Å². The van der Waals surface area contributed by atoms with Gasteiger partial charge in [0.2, 0.25) is 0 Å². The van der Waals surface area contributed by atoms with Crippen LogP contribution in [0.3, 0.4) is 0 Å². The van der Waals surface area contributed by atoms with Gasteiger partial charge in [-0.15, -0.1) is 0 Å². The van der Waals surface area contributed by atoms with Gasteiger partial charge >= 0.3 is 0 Å². The summed E-state index contributed by atoms with van der Waals surface area (Å²) in [5, 5.41) is 0. The van der Waals surface area contributed by atoms with E-state index in [-0.39, 0.29) is 6.15 Å². The van der Waals surface area contributed by atoms with Crippen molar-refractivity contribution in [1.29, 1.82) is 0 Å². The maximum Gasteiger partial charge on any atom is 0.0192 e. The second-order valence-corrected chi connectivity index (χ2v) is 1.79. The first-order chi connectivity index (χ1) is 2.30. The maximum absolute atomic E-state index is 2.29. The van der Waals surface area contributed by atoms with Crippen molar-refractivity contribution in [3.8, 4) is 0 Å². The molecule has 2 heteroatoms. The zero-order valence-corrected chi connectivity index (χ0v) is 4.44. The molecule has 2 nitrogen and oxygen atoms in total. The topological polar surface area (TPSA) is 38.0 Å². The minimum Gasteiger partial charge on any atom is -0.344 e. The highest BCUT2D eigenvalue weighted by atomic mass is 15.3. The fourth-order valence-electron chi connectivity index (χ4n) is 0.370. The molecular weight excluding hydrogens is 76.1 g/mol. The van der Waals surface area contributed by atoms with Crippen LogP contribution in [0.2, 0.25) is 0 Å². The van der Waals surface area contributed by atoms with Gasteiger partial charge in [-0.25, -0.2) is 0 Å². The van der Waals surface area contributed by atoms with Gasteiger partial charge < -0.3 is 11.1 Å². The molecule has 1 heterocycles. The van der Waals surface area contributed by atoms with E-state index in [9.17, 15) is 0 Å². The normalized spacial score (nSPS) is 41.0. The van der Waals surface area contributed by atoms with E-state index in [4.69, 9.17) is 0 Å². The SMILES string of the molecule is CC1CN1C.N. The molecule has 1 aliphatic heterocycles. The zero-order chi connectivity index (χ0) is 3.86. The number of hydrogen-bond acceptors (Lipinski definition) is 2. The maximum atomic E-state index is 2.29. The molecule has 2 unspecified atom stereocenters. The quantitative estimate of drug-likeness (QED) is 0.437. The summed E-state index contributed by atoms with van der Waals surface area (Å²) in [6.07, 6.45) is 0. The van der Waals surface area contributed by atoms with Gasteiger partial charge in [0.1, 0.15) is 0 Å². The molecule has 0 radical (unpaired) electrons. The van der Waals surface area contributed by atoms with Crippen molar-refractivity contribution in [2.24, 2.45) is 0 Å². The van der Waals surface area contributed by atoms with Crippen molar-refractivity contribution in [3.05, 3.63) is 0 Å². The van der Waals surface area contributed by atoms with E-state index in [1.807, 2.05) is 0 Å². The van der Waals surface area contributed by atoms with Gasteiger partial charge in [0, 0.05) is 12.6 Å². The van der Waals surface area contributed by atoms with Crippen molar-refractivity contribution in [2.75, 3.05) is 13.6 Å². The van der Waals surface area contributed by atoms with Crippen molar-refractivity contribution >= 4 is 0 Å². The second-order valence-electron chi connectivity index (χ2n) is 1.79. The van der Waals surface area contributed by atoms with Crippen LogP contribution in [0.5, 0.6) is 0 Å². The minimum atomic E-state index is 0. The molecule has 0 aromatic carbocycles. The lowest BCUT2D eigenvalue weighted by Gasteiger charge is -1.75. The highest BCUT2D eigenvalue weighted by Crippen LogP contribution is 2.09. The van der Waals surface area contributed by atoms with Crippen LogP contribution in [0, 0.1) is 0 Å². The Morgan fingerprint density at radius 3 is 1.83 bits per heavy atom. The molecule has 38 valence electrons. The molecule has 1 rings (SSSR count). The van der Waals surface area contributed by atoms with Gasteiger partial charge in [-0.05, 0) is 14.0 Å². The Morgan fingerprint density at radius 2 is 1.83 bits per heavy atom. The first kappa shape index (κ1) is 5.92. The van der Waals surface area contributed by atoms with Gasteiger partial charge in [0.25, 0.3) is 0 Å². The Balaban J connectivity index is 0.000000250. The fraction of sp³-hybridized carbons (Fsp3) is 1.00. The van der Waals surface area contributed by atoms with E-state index in [0.29, 0.717) is 0 Å². The van der Waals surface area contributed by atoms with E-state index in [1.165, 1.54) is 6.54 Å². The summed E-state index contributed by atoms with van der Waals surface area (Å²) in [5.74, 6) is 0. The summed E-state index contributed by atoms with van der Waals surface area (Å²) in [7, 11) is 2.13. The molecule has 2 atom stereocenters. The Labute approximate surface area is 38.7 Å². The summed E-state index contributed by atoms with van der Waals surface area (Å²) in [4.78, 5) is 2.29. The number of hydrogen-bond donors (Lipinski definition) is 1. The van der Waals surface area contributed by atoms with Crippen LogP contribution in [0.25, 0.3) is 0 Å². The summed E-state index contributed by atoms with van der Waals surface area (Å²) in [6.45, 7) is 3.53. The summed E-state index contributed by atoms with van der Waals surface area (Å²) in [5.41, 5.74) is 0. The minimum absolute atomic E-state index is 0. The molecule has 6 heavy (non-hydrogen) atoms. The standard InChI is InChI=1S/C4H9N.H3N/c1-4-3-5(4)2;/h4H,3H2,1-2H3;1H3. The molecule has 0 aromatic rings. The summed E-state index contributed by atoms with van der Waals surface area (Å²) < 4.78 is 0. The van der Waals surface area contributed by atoms with E-state index in [2.05, 4.69) is 18.9 Å². The smallest absolute Gasteiger partial charge is 0.0192 e. The summed E-state index contributed by atoms with van der Waals surface area (Å²) >= 11 is 0. The van der Waals surface area contributed by atoms with E-state index in [1.54, 1.807) is 0 Å². The third-order valence-electron chi connectivity index (χ3n) is 1.17. The summed E-state index contributed by atoms with van der Waals surface area (Å²) in [6, 6.07) is 0.884. The van der Waals surface area contributed by atoms with Gasteiger partial charge in [0.15, 0.2) is 0 Å². The first-order valence-corrected chi connectivity index (χ1v) is 2.01. The van der Waals surface area contributed by atoms with Crippen molar-refractivity contribution in [3.63, 3.8) is 0 Å². The van der Waals surface area contributed by atoms with Crippen molar-refractivity contribution in [1.82, 2.24) is 11.1 Å². The van der Waals surface area contributed by atoms with E-state index in [0.717, 1.165) is 6.04 Å². The first-order valence-electron chi connectivity index (χ1n) is 2.01. The lowest BCUT2D eigenvalue weighted by Crippen LogP contribution is -1.84. The molecule has 0 aliphatic carbocycles. The number of likely N-dealkylation sites (N-methyl/N-ethyl adjacent to an activating group) is 1. The lowest BCUT2D eigenvalue weighted by atomic mass is 10.6. The molecule has 0 aromatic heterocycles. The predicted molar refractivity (Wildman–Crippen MR) is 27.1 cm³/mol. The van der Waals surface area contributed by atoms with Gasteiger partial charge in [-0.3, -0.25) is 0 Å². The molecule has 1 fully saturated rings. The van der Waals surface area contributed by atoms with Crippen LogP contribution in [0.1, 0.15) is 6.92 Å². The number of rotatable bonds is 0. The third kappa shape index (κ3) is 0.954. The van der Waals surface area contributed by atoms with Crippen LogP contribution in [0.4, 0.5) is 0 Å². The van der Waals surface area contributed by atoms with Crippen LogP contribution in [-0.2, 0) is 0 Å². The molecule has 3 N–H and O–H groups in total. The van der Waals surface area contributed by atoms with Crippen molar-refractivity contribution < 1.29 is 0 Å². The Hall–Kier alpha value is -0.0800. The van der Waals surface area contributed by atoms with Crippen molar-refractivity contribution in [2.45, 2.75) is 13.0 Å². The highest BCUT2D eigenvalue weighted by molar-refractivity contribution is 4.79. The number of nitrogens with zero attached hydrogens (tertiary/aromatic N) is 1. The van der Waals surface area contributed by atoms with Crippen LogP contribution in [0.15, 0.2) is 0 Å². The molecule has 0 bridgehead atoms. The molecule has 0 saturated carbocycles. The van der Waals surface area contributed by atoms with Gasteiger partial charge in [-0.2, -0.15) is 0 Å². The van der Waals surface area contributed by atoms with Gasteiger partial charge in [-0.1, -0.05) is 0 Å². The third-order valence-corrected chi connectivity index (χ3v) is 1.17.